The number of nitrogens with zero attached hydrogens (tertiary/aromatic N) is 5. The van der Waals surface area contributed by atoms with E-state index in [0.29, 0.717) is 28.6 Å². The lowest BCUT2D eigenvalue weighted by Gasteiger charge is -2.35. The van der Waals surface area contributed by atoms with Crippen molar-refractivity contribution >= 4 is 27.8 Å². The van der Waals surface area contributed by atoms with Gasteiger partial charge in [0.2, 0.25) is 5.95 Å². The van der Waals surface area contributed by atoms with Gasteiger partial charge in [0.15, 0.2) is 5.82 Å². The molecule has 5 rings (SSSR count). The molecular weight excluding hydrogens is 615 g/mol. The topological polar surface area (TPSA) is 109 Å². The fourth-order valence-electron chi connectivity index (χ4n) is 4.80. The fourth-order valence-corrected chi connectivity index (χ4v) is 5.27. The highest BCUT2D eigenvalue weighted by Gasteiger charge is 2.36. The van der Waals surface area contributed by atoms with Crippen LogP contribution in [0.3, 0.4) is 0 Å². The lowest BCUT2D eigenvalue weighted by atomic mass is 9.98. The molecule has 2 N–H and O–H groups in total. The average Bonchev–Trinajstić information content (AvgIpc) is 3.39. The van der Waals surface area contributed by atoms with Gasteiger partial charge in [0, 0.05) is 33.2 Å². The van der Waals surface area contributed by atoms with Gasteiger partial charge in [-0.15, -0.1) is 6.58 Å². The zero-order valence-electron chi connectivity index (χ0n) is 23.0. The van der Waals surface area contributed by atoms with Crippen LogP contribution in [0.15, 0.2) is 64.4 Å². The van der Waals surface area contributed by atoms with Crippen LogP contribution in [0.25, 0.3) is 17.1 Å². The van der Waals surface area contributed by atoms with Gasteiger partial charge >= 0.3 is 6.18 Å². The van der Waals surface area contributed by atoms with Crippen LogP contribution in [0.2, 0.25) is 0 Å². The Morgan fingerprint density at radius 1 is 1.21 bits per heavy atom. The van der Waals surface area contributed by atoms with E-state index in [2.05, 4.69) is 43.0 Å². The first-order chi connectivity index (χ1) is 19.9. The maximum Gasteiger partial charge on any atom is 0.417 e. The molecule has 0 radical (unpaired) electrons. The Kier molecular flexibility index (Phi) is 7.80. The molecule has 2 aromatic heterocycles. The minimum atomic E-state index is -4.63. The largest absolute Gasteiger partial charge is 0.417 e. The first-order valence-corrected chi connectivity index (χ1v) is 13.9. The van der Waals surface area contributed by atoms with E-state index in [9.17, 15) is 22.8 Å². The Bertz CT molecular complexity index is 1730. The molecule has 1 aliphatic rings. The molecule has 4 aromatic rings. The number of anilines is 1. The SMILES string of the molecule is C=CC(C)Nc1nc2c(c(=O)n1-c1ccc(-c3n[nH]c(C)n3)cc1)CC(C)N(C(=O)c1ccc(Br)c(C(F)(F)F)c1)C2. The second kappa shape index (κ2) is 11.2. The maximum absolute atomic E-state index is 13.9. The van der Waals surface area contributed by atoms with Crippen molar-refractivity contribution in [3.05, 3.63) is 98.2 Å². The van der Waals surface area contributed by atoms with Crippen LogP contribution in [-0.4, -0.2) is 47.6 Å². The summed E-state index contributed by atoms with van der Waals surface area (Å²) in [5.74, 6) is 0.874. The standard InChI is InChI=1S/C29H27BrF3N7O2/c1-5-15(2)34-28-36-24-14-39(26(41)19-8-11-23(30)22(13-19)29(31,32)33)16(3)12-21(24)27(42)40(28)20-9-6-18(7-10-20)25-35-17(4)37-38-25/h5-11,13,15-16H,1,12,14H2,2-4H3,(H,34,36)(H,35,37,38). The number of carbonyl (C=O) groups is 1. The number of aromatic amines is 1. The Hall–Kier alpha value is -4.26. The number of hydrogen-bond donors (Lipinski definition) is 2. The second-order valence-corrected chi connectivity index (χ2v) is 11.0. The first kappa shape index (κ1) is 29.2. The molecular formula is C29H27BrF3N7O2. The van der Waals surface area contributed by atoms with E-state index >= 15 is 0 Å². The molecule has 2 unspecified atom stereocenters. The van der Waals surface area contributed by atoms with Crippen molar-refractivity contribution < 1.29 is 18.0 Å². The van der Waals surface area contributed by atoms with E-state index < -0.39 is 23.7 Å². The van der Waals surface area contributed by atoms with E-state index in [1.165, 1.54) is 21.6 Å². The number of benzene rings is 2. The number of hydrogen-bond acceptors (Lipinski definition) is 6. The molecule has 1 amide bonds. The maximum atomic E-state index is 13.9. The normalized spacial score (nSPS) is 15.7. The third-order valence-electron chi connectivity index (χ3n) is 7.08. The fraction of sp³-hybridized carbons (Fsp3) is 0.276. The predicted molar refractivity (Wildman–Crippen MR) is 155 cm³/mol. The van der Waals surface area contributed by atoms with Crippen molar-refractivity contribution in [3.8, 4) is 17.1 Å². The summed E-state index contributed by atoms with van der Waals surface area (Å²) in [6.45, 7) is 9.16. The predicted octanol–water partition coefficient (Wildman–Crippen LogP) is 5.68. The Labute approximate surface area is 247 Å². The van der Waals surface area contributed by atoms with Gasteiger partial charge in [-0.3, -0.25) is 14.7 Å². The zero-order valence-corrected chi connectivity index (χ0v) is 24.5. The summed E-state index contributed by atoms with van der Waals surface area (Å²) in [6, 6.07) is 9.83. The third kappa shape index (κ3) is 5.60. The molecule has 3 heterocycles. The molecule has 0 saturated heterocycles. The second-order valence-electron chi connectivity index (χ2n) is 10.1. The average molecular weight is 642 g/mol. The van der Waals surface area contributed by atoms with Gasteiger partial charge in [-0.2, -0.15) is 18.3 Å². The molecule has 0 saturated carbocycles. The molecule has 218 valence electrons. The van der Waals surface area contributed by atoms with Gasteiger partial charge in [0.05, 0.1) is 23.5 Å². The molecule has 9 nitrogen and oxygen atoms in total. The summed E-state index contributed by atoms with van der Waals surface area (Å²) >= 11 is 2.92. The van der Waals surface area contributed by atoms with Gasteiger partial charge in [-0.05, 0) is 69.7 Å². The van der Waals surface area contributed by atoms with Gasteiger partial charge < -0.3 is 10.2 Å². The molecule has 42 heavy (non-hydrogen) atoms. The first-order valence-electron chi connectivity index (χ1n) is 13.1. The summed E-state index contributed by atoms with van der Waals surface area (Å²) in [7, 11) is 0. The number of amides is 1. The van der Waals surface area contributed by atoms with Gasteiger partial charge in [-0.25, -0.2) is 14.5 Å². The number of fused-ring (bicyclic) bond motifs is 1. The molecule has 2 aromatic carbocycles. The van der Waals surface area contributed by atoms with Crippen LogP contribution in [0, 0.1) is 6.92 Å². The molecule has 13 heteroatoms. The monoisotopic (exact) mass is 641 g/mol. The molecule has 0 bridgehead atoms. The highest BCUT2D eigenvalue weighted by atomic mass is 79.9. The van der Waals surface area contributed by atoms with Crippen LogP contribution in [-0.2, 0) is 19.1 Å². The zero-order chi connectivity index (χ0) is 30.3. The van der Waals surface area contributed by atoms with E-state index in [1.54, 1.807) is 44.2 Å². The Morgan fingerprint density at radius 2 is 1.93 bits per heavy atom. The minimum absolute atomic E-state index is 0.0386. The van der Waals surface area contributed by atoms with Crippen LogP contribution in [0.4, 0.5) is 19.1 Å². The highest BCUT2D eigenvalue weighted by Crippen LogP contribution is 2.36. The third-order valence-corrected chi connectivity index (χ3v) is 7.78. The van der Waals surface area contributed by atoms with Crippen LogP contribution < -0.4 is 10.9 Å². The van der Waals surface area contributed by atoms with Crippen molar-refractivity contribution in [2.45, 2.75) is 52.0 Å². The molecule has 0 spiro atoms. The molecule has 2 atom stereocenters. The summed E-state index contributed by atoms with van der Waals surface area (Å²) in [4.78, 5) is 37.9. The molecule has 1 aliphatic heterocycles. The highest BCUT2D eigenvalue weighted by molar-refractivity contribution is 9.10. The molecule has 0 aliphatic carbocycles. The Balaban J connectivity index is 1.53. The summed E-state index contributed by atoms with van der Waals surface area (Å²) in [5.41, 5.74) is 0.794. The quantitative estimate of drug-likeness (QED) is 0.262. The van der Waals surface area contributed by atoms with Crippen molar-refractivity contribution in [1.82, 2.24) is 29.6 Å². The Morgan fingerprint density at radius 3 is 2.55 bits per heavy atom. The summed E-state index contributed by atoms with van der Waals surface area (Å²) in [6.07, 6.45) is -2.79. The smallest absolute Gasteiger partial charge is 0.349 e. The summed E-state index contributed by atoms with van der Waals surface area (Å²) < 4.78 is 41.8. The number of H-pyrrole nitrogens is 1. The summed E-state index contributed by atoms with van der Waals surface area (Å²) in [5, 5.41) is 10.2. The number of nitrogens with one attached hydrogen (secondary N) is 2. The van der Waals surface area contributed by atoms with E-state index in [0.717, 1.165) is 11.6 Å². The van der Waals surface area contributed by atoms with E-state index in [1.807, 2.05) is 6.92 Å². The van der Waals surface area contributed by atoms with Gasteiger partial charge in [0.1, 0.15) is 5.82 Å². The number of alkyl halides is 3. The van der Waals surface area contributed by atoms with Gasteiger partial charge in [0.25, 0.3) is 11.5 Å². The van der Waals surface area contributed by atoms with Crippen LogP contribution in [0.5, 0.6) is 0 Å². The van der Waals surface area contributed by atoms with Crippen molar-refractivity contribution in [2.75, 3.05) is 5.32 Å². The lowest BCUT2D eigenvalue weighted by molar-refractivity contribution is -0.138. The van der Waals surface area contributed by atoms with Crippen LogP contribution in [0.1, 0.15) is 46.9 Å². The van der Waals surface area contributed by atoms with E-state index in [4.69, 9.17) is 4.98 Å². The number of rotatable bonds is 6. The number of carbonyl (C=O) groups excluding carboxylic acids is 1. The lowest BCUT2D eigenvalue weighted by Crippen LogP contribution is -2.46. The van der Waals surface area contributed by atoms with Crippen molar-refractivity contribution in [3.63, 3.8) is 0 Å². The number of aromatic nitrogens is 5. The number of halogens is 4. The minimum Gasteiger partial charge on any atom is -0.349 e. The number of aryl methyl sites for hydroxylation is 1. The van der Waals surface area contributed by atoms with Crippen molar-refractivity contribution in [2.24, 2.45) is 0 Å². The molecule has 0 fully saturated rings. The van der Waals surface area contributed by atoms with E-state index in [-0.39, 0.29) is 40.6 Å². The van der Waals surface area contributed by atoms with Crippen LogP contribution >= 0.6 is 15.9 Å². The van der Waals surface area contributed by atoms with Crippen molar-refractivity contribution in [1.29, 1.82) is 0 Å². The van der Waals surface area contributed by atoms with Gasteiger partial charge in [-0.1, -0.05) is 22.0 Å².